The van der Waals surface area contributed by atoms with Crippen molar-refractivity contribution < 1.29 is 9.53 Å². The molecule has 0 bridgehead atoms. The Hall–Kier alpha value is -1.01. The molecule has 11 heavy (non-hydrogen) atoms. The van der Waals surface area contributed by atoms with Crippen molar-refractivity contribution in [2.24, 2.45) is 0 Å². The van der Waals surface area contributed by atoms with E-state index in [0.29, 0.717) is 19.5 Å². The van der Waals surface area contributed by atoms with Gasteiger partial charge in [0.15, 0.2) is 0 Å². The lowest BCUT2D eigenvalue weighted by molar-refractivity contribution is -0.140. The molecule has 0 N–H and O–H groups in total. The highest BCUT2D eigenvalue weighted by Crippen LogP contribution is 1.88. The van der Waals surface area contributed by atoms with E-state index in [0.717, 1.165) is 0 Å². The van der Waals surface area contributed by atoms with Crippen molar-refractivity contribution in [3.8, 4) is 12.3 Å². The molecule has 3 nitrogen and oxygen atoms in total. The standard InChI is InChI=1S/C8H13NO2/c1-4-6-9(2)7-5-8(10)11-3/h1H,5-7H2,2-3H3. The van der Waals surface area contributed by atoms with E-state index >= 15 is 0 Å². The topological polar surface area (TPSA) is 29.5 Å². The largest absolute Gasteiger partial charge is 0.469 e. The lowest BCUT2D eigenvalue weighted by Crippen LogP contribution is -2.22. The Labute approximate surface area is 67.3 Å². The number of hydrogen-bond acceptors (Lipinski definition) is 3. The minimum absolute atomic E-state index is 0.200. The third-order valence-corrected chi connectivity index (χ3v) is 1.29. The first-order chi connectivity index (χ1) is 5.20. The van der Waals surface area contributed by atoms with Crippen molar-refractivity contribution in [3.05, 3.63) is 0 Å². The van der Waals surface area contributed by atoms with Crippen LogP contribution in [0.5, 0.6) is 0 Å². The first-order valence-corrected chi connectivity index (χ1v) is 3.39. The Morgan fingerprint density at radius 3 is 2.82 bits per heavy atom. The van der Waals surface area contributed by atoms with Crippen LogP contribution in [0, 0.1) is 12.3 Å². The summed E-state index contributed by atoms with van der Waals surface area (Å²) < 4.78 is 4.46. The summed E-state index contributed by atoms with van der Waals surface area (Å²) in [5.74, 6) is 2.28. The SMILES string of the molecule is C#CCN(C)CCC(=O)OC. The van der Waals surface area contributed by atoms with Gasteiger partial charge in [-0.1, -0.05) is 5.92 Å². The van der Waals surface area contributed by atoms with Gasteiger partial charge in [-0.2, -0.15) is 0 Å². The van der Waals surface area contributed by atoms with Crippen LogP contribution in [-0.4, -0.2) is 38.1 Å². The molecule has 0 atom stereocenters. The van der Waals surface area contributed by atoms with Gasteiger partial charge in [0.25, 0.3) is 0 Å². The molecule has 0 saturated heterocycles. The maximum atomic E-state index is 10.6. The summed E-state index contributed by atoms with van der Waals surface area (Å²) in [6, 6.07) is 0. The van der Waals surface area contributed by atoms with Crippen molar-refractivity contribution in [2.75, 3.05) is 27.2 Å². The summed E-state index contributed by atoms with van der Waals surface area (Å²) in [5.41, 5.74) is 0. The van der Waals surface area contributed by atoms with Crippen molar-refractivity contribution in [3.63, 3.8) is 0 Å². The van der Waals surface area contributed by atoms with Gasteiger partial charge >= 0.3 is 5.97 Å². The molecular formula is C8H13NO2. The monoisotopic (exact) mass is 155 g/mol. The summed E-state index contributed by atoms with van der Waals surface area (Å²) in [6.07, 6.45) is 5.46. The number of ether oxygens (including phenoxy) is 1. The number of carbonyl (C=O) groups is 1. The quantitative estimate of drug-likeness (QED) is 0.426. The van der Waals surface area contributed by atoms with Crippen molar-refractivity contribution in [1.82, 2.24) is 4.90 Å². The molecule has 0 rings (SSSR count). The highest BCUT2D eigenvalue weighted by Gasteiger charge is 2.01. The minimum Gasteiger partial charge on any atom is -0.469 e. The van der Waals surface area contributed by atoms with Crippen LogP contribution in [0.3, 0.4) is 0 Å². The smallest absolute Gasteiger partial charge is 0.306 e. The normalized spacial score (nSPS) is 9.27. The van der Waals surface area contributed by atoms with Crippen LogP contribution in [0.15, 0.2) is 0 Å². The second-order valence-electron chi connectivity index (χ2n) is 2.27. The van der Waals surface area contributed by atoms with Crippen LogP contribution in [0.2, 0.25) is 0 Å². The Morgan fingerprint density at radius 1 is 1.73 bits per heavy atom. The van der Waals surface area contributed by atoms with Crippen LogP contribution in [-0.2, 0) is 9.53 Å². The zero-order chi connectivity index (χ0) is 8.69. The summed E-state index contributed by atoms with van der Waals surface area (Å²) >= 11 is 0. The number of esters is 1. The van der Waals surface area contributed by atoms with E-state index in [1.807, 2.05) is 11.9 Å². The van der Waals surface area contributed by atoms with E-state index in [1.54, 1.807) is 0 Å². The van der Waals surface area contributed by atoms with Gasteiger partial charge in [0.1, 0.15) is 0 Å². The molecule has 0 radical (unpaired) electrons. The molecule has 0 aromatic heterocycles. The molecule has 0 aliphatic carbocycles. The first kappa shape index (κ1) is 9.99. The molecule has 0 fully saturated rings. The van der Waals surface area contributed by atoms with Gasteiger partial charge in [-0.3, -0.25) is 9.69 Å². The summed E-state index contributed by atoms with van der Waals surface area (Å²) in [5, 5.41) is 0. The number of hydrogen-bond donors (Lipinski definition) is 0. The zero-order valence-electron chi connectivity index (χ0n) is 6.96. The van der Waals surface area contributed by atoms with E-state index in [1.165, 1.54) is 7.11 Å². The van der Waals surface area contributed by atoms with Gasteiger partial charge in [-0.05, 0) is 7.05 Å². The Balaban J connectivity index is 3.39. The number of rotatable bonds is 4. The molecule has 0 aliphatic heterocycles. The number of nitrogens with zero attached hydrogens (tertiary/aromatic N) is 1. The third kappa shape index (κ3) is 5.43. The van der Waals surface area contributed by atoms with E-state index in [9.17, 15) is 4.79 Å². The molecular weight excluding hydrogens is 142 g/mol. The van der Waals surface area contributed by atoms with Crippen LogP contribution in [0.1, 0.15) is 6.42 Å². The number of methoxy groups -OCH3 is 1. The molecule has 62 valence electrons. The highest BCUT2D eigenvalue weighted by atomic mass is 16.5. The molecule has 0 spiro atoms. The van der Waals surface area contributed by atoms with Gasteiger partial charge < -0.3 is 4.74 Å². The van der Waals surface area contributed by atoms with E-state index in [-0.39, 0.29) is 5.97 Å². The van der Waals surface area contributed by atoms with Crippen LogP contribution in [0.4, 0.5) is 0 Å². The van der Waals surface area contributed by atoms with Gasteiger partial charge in [0.2, 0.25) is 0 Å². The predicted molar refractivity (Wildman–Crippen MR) is 43.0 cm³/mol. The Kier molecular flexibility index (Phi) is 5.22. The predicted octanol–water partition coefficient (Wildman–Crippen LogP) is 0.114. The molecule has 0 saturated carbocycles. The Morgan fingerprint density at radius 2 is 2.36 bits per heavy atom. The van der Waals surface area contributed by atoms with E-state index in [4.69, 9.17) is 6.42 Å². The zero-order valence-corrected chi connectivity index (χ0v) is 6.96. The Bertz CT molecular complexity index is 160. The molecule has 0 aliphatic rings. The fourth-order valence-corrected chi connectivity index (χ4v) is 0.619. The average Bonchev–Trinajstić information content (AvgIpc) is 2.01. The lowest BCUT2D eigenvalue weighted by atomic mass is 10.4. The molecule has 0 aromatic rings. The summed E-state index contributed by atoms with van der Waals surface area (Å²) in [7, 11) is 3.24. The number of terminal acetylenes is 1. The van der Waals surface area contributed by atoms with Gasteiger partial charge in [-0.15, -0.1) is 6.42 Å². The average molecular weight is 155 g/mol. The first-order valence-electron chi connectivity index (χ1n) is 3.39. The summed E-state index contributed by atoms with van der Waals surface area (Å²) in [6.45, 7) is 1.22. The molecule has 0 heterocycles. The maximum Gasteiger partial charge on any atom is 0.306 e. The van der Waals surface area contributed by atoms with Gasteiger partial charge in [0.05, 0.1) is 20.1 Å². The van der Waals surface area contributed by atoms with Crippen molar-refractivity contribution in [2.45, 2.75) is 6.42 Å². The summed E-state index contributed by atoms with van der Waals surface area (Å²) in [4.78, 5) is 12.5. The molecule has 3 heteroatoms. The van der Waals surface area contributed by atoms with Crippen LogP contribution in [0.25, 0.3) is 0 Å². The number of carbonyl (C=O) groups excluding carboxylic acids is 1. The molecule has 0 unspecified atom stereocenters. The highest BCUT2D eigenvalue weighted by molar-refractivity contribution is 5.69. The van der Waals surface area contributed by atoms with Crippen molar-refractivity contribution in [1.29, 1.82) is 0 Å². The van der Waals surface area contributed by atoms with Gasteiger partial charge in [0, 0.05) is 6.54 Å². The van der Waals surface area contributed by atoms with Gasteiger partial charge in [-0.25, -0.2) is 0 Å². The maximum absolute atomic E-state index is 10.6. The van der Waals surface area contributed by atoms with Crippen LogP contribution >= 0.6 is 0 Å². The minimum atomic E-state index is -0.200. The molecule has 0 amide bonds. The second kappa shape index (κ2) is 5.75. The fraction of sp³-hybridized carbons (Fsp3) is 0.625. The van der Waals surface area contributed by atoms with E-state index < -0.39 is 0 Å². The third-order valence-electron chi connectivity index (χ3n) is 1.29. The lowest BCUT2D eigenvalue weighted by Gasteiger charge is -2.10. The second-order valence-corrected chi connectivity index (χ2v) is 2.27. The van der Waals surface area contributed by atoms with Crippen molar-refractivity contribution >= 4 is 5.97 Å². The van der Waals surface area contributed by atoms with E-state index in [2.05, 4.69) is 10.7 Å². The van der Waals surface area contributed by atoms with Crippen LogP contribution < -0.4 is 0 Å². The molecule has 0 aromatic carbocycles. The fourth-order valence-electron chi connectivity index (χ4n) is 0.619.